The molecule has 1 fully saturated rings. The van der Waals surface area contributed by atoms with Gasteiger partial charge in [0.1, 0.15) is 5.75 Å². The summed E-state index contributed by atoms with van der Waals surface area (Å²) in [5, 5.41) is 9.22. The lowest BCUT2D eigenvalue weighted by Crippen LogP contribution is -2.41. The molecule has 23 heavy (non-hydrogen) atoms. The highest BCUT2D eigenvalue weighted by Crippen LogP contribution is 2.39. The van der Waals surface area contributed by atoms with Crippen LogP contribution in [0.4, 0.5) is 13.2 Å². The van der Waals surface area contributed by atoms with Gasteiger partial charge in [-0.2, -0.15) is 18.4 Å². The summed E-state index contributed by atoms with van der Waals surface area (Å²) in [4.78, 5) is 0. The first-order valence-electron chi connectivity index (χ1n) is 6.98. The second-order valence-electron chi connectivity index (χ2n) is 6.34. The lowest BCUT2D eigenvalue weighted by Gasteiger charge is -2.32. The van der Waals surface area contributed by atoms with Gasteiger partial charge in [0, 0.05) is 5.46 Å². The second-order valence-corrected chi connectivity index (χ2v) is 6.34. The topological polar surface area (TPSA) is 51.5 Å². The predicted molar refractivity (Wildman–Crippen MR) is 78.4 cm³/mol. The van der Waals surface area contributed by atoms with Gasteiger partial charge in [0.05, 0.1) is 35.5 Å². The third-order valence-corrected chi connectivity index (χ3v) is 4.30. The fourth-order valence-corrected chi connectivity index (χ4v) is 2.25. The first-order valence-corrected chi connectivity index (χ1v) is 6.98. The molecule has 1 heterocycles. The molecule has 1 saturated heterocycles. The highest BCUT2D eigenvalue weighted by molar-refractivity contribution is 6.63. The molecule has 124 valence electrons. The zero-order valence-electron chi connectivity index (χ0n) is 13.5. The summed E-state index contributed by atoms with van der Waals surface area (Å²) >= 11 is 0. The van der Waals surface area contributed by atoms with Crippen LogP contribution >= 0.6 is 0 Å². The van der Waals surface area contributed by atoms with Crippen LogP contribution in [0.15, 0.2) is 12.1 Å². The van der Waals surface area contributed by atoms with Crippen LogP contribution in [0.3, 0.4) is 0 Å². The average molecular weight is 327 g/mol. The Labute approximate surface area is 133 Å². The van der Waals surface area contributed by atoms with Crippen molar-refractivity contribution in [2.75, 3.05) is 7.11 Å². The van der Waals surface area contributed by atoms with E-state index in [0.717, 1.165) is 19.2 Å². The monoisotopic (exact) mass is 327 g/mol. The molecule has 1 aromatic rings. The van der Waals surface area contributed by atoms with E-state index >= 15 is 0 Å². The number of alkyl halides is 3. The molecule has 0 N–H and O–H groups in total. The van der Waals surface area contributed by atoms with E-state index < -0.39 is 30.1 Å². The Morgan fingerprint density at radius 1 is 1.13 bits per heavy atom. The molecule has 0 radical (unpaired) electrons. The van der Waals surface area contributed by atoms with Gasteiger partial charge in [-0.05, 0) is 39.8 Å². The number of methoxy groups -OCH3 is 1. The van der Waals surface area contributed by atoms with Crippen LogP contribution in [0.25, 0.3) is 0 Å². The normalized spacial score (nSPS) is 19.5. The molecule has 1 aliphatic rings. The molecule has 4 nitrogen and oxygen atoms in total. The van der Waals surface area contributed by atoms with Crippen LogP contribution in [0.2, 0.25) is 0 Å². The molecule has 0 atom stereocenters. The van der Waals surface area contributed by atoms with Gasteiger partial charge in [0.25, 0.3) is 0 Å². The zero-order valence-corrected chi connectivity index (χ0v) is 13.5. The quantitative estimate of drug-likeness (QED) is 0.784. The van der Waals surface area contributed by atoms with Crippen molar-refractivity contribution in [3.05, 3.63) is 23.3 Å². The number of nitriles is 1. The number of ether oxygens (including phenoxy) is 1. The molecule has 0 unspecified atom stereocenters. The summed E-state index contributed by atoms with van der Waals surface area (Å²) in [6.07, 6.45) is -4.62. The number of benzene rings is 1. The minimum atomic E-state index is -4.62. The number of rotatable bonds is 2. The molecule has 1 aromatic carbocycles. The lowest BCUT2D eigenvalue weighted by molar-refractivity contribution is -0.138. The van der Waals surface area contributed by atoms with Crippen LogP contribution in [0, 0.1) is 11.3 Å². The van der Waals surface area contributed by atoms with Gasteiger partial charge >= 0.3 is 13.3 Å². The van der Waals surface area contributed by atoms with Gasteiger partial charge in [-0.25, -0.2) is 0 Å². The van der Waals surface area contributed by atoms with Crippen LogP contribution in [0.1, 0.15) is 38.8 Å². The molecule has 0 amide bonds. The first kappa shape index (κ1) is 17.6. The van der Waals surface area contributed by atoms with E-state index in [1.807, 2.05) is 27.7 Å². The lowest BCUT2D eigenvalue weighted by atomic mass is 9.75. The van der Waals surface area contributed by atoms with Gasteiger partial charge in [-0.1, -0.05) is 0 Å². The van der Waals surface area contributed by atoms with E-state index in [1.54, 1.807) is 6.07 Å². The third-order valence-electron chi connectivity index (χ3n) is 4.30. The Bertz CT molecular complexity index is 649. The summed E-state index contributed by atoms with van der Waals surface area (Å²) in [5.74, 6) is -0.374. The van der Waals surface area contributed by atoms with Crippen molar-refractivity contribution in [3.8, 4) is 11.8 Å². The summed E-state index contributed by atoms with van der Waals surface area (Å²) in [7, 11) is 0.204. The van der Waals surface area contributed by atoms with E-state index in [0.29, 0.717) is 0 Å². The maximum Gasteiger partial charge on any atom is 0.496 e. The van der Waals surface area contributed by atoms with Crippen LogP contribution in [-0.2, 0) is 15.5 Å². The summed E-state index contributed by atoms with van der Waals surface area (Å²) in [6, 6.07) is 3.69. The smallest absolute Gasteiger partial charge is 0.496 e. The largest absolute Gasteiger partial charge is 0.496 e. The highest BCUT2D eigenvalue weighted by Gasteiger charge is 2.52. The third kappa shape index (κ3) is 3.03. The maximum atomic E-state index is 13.1. The van der Waals surface area contributed by atoms with Crippen molar-refractivity contribution in [2.45, 2.75) is 45.1 Å². The van der Waals surface area contributed by atoms with Crippen LogP contribution in [-0.4, -0.2) is 25.4 Å². The van der Waals surface area contributed by atoms with E-state index in [4.69, 9.17) is 14.0 Å². The Morgan fingerprint density at radius 3 is 2.04 bits per heavy atom. The van der Waals surface area contributed by atoms with Crippen LogP contribution in [0.5, 0.6) is 5.75 Å². The number of nitrogens with zero attached hydrogens (tertiary/aromatic N) is 1. The molecule has 2 rings (SSSR count). The van der Waals surface area contributed by atoms with E-state index in [2.05, 4.69) is 0 Å². The van der Waals surface area contributed by atoms with Crippen molar-refractivity contribution in [3.63, 3.8) is 0 Å². The standard InChI is InChI=1S/C15H17BF3NO3/c1-13(2)14(3,4)23-16(22-13)11-7-12(21-5)10(15(17,18)19)6-9(11)8-20/h6-7H,1-5H3. The van der Waals surface area contributed by atoms with Crippen molar-refractivity contribution in [1.29, 1.82) is 5.26 Å². The predicted octanol–water partition coefficient (Wildman–Crippen LogP) is 2.88. The number of halogens is 3. The molecule has 8 heteroatoms. The van der Waals surface area contributed by atoms with Gasteiger partial charge in [-0.3, -0.25) is 0 Å². The Kier molecular flexibility index (Phi) is 4.16. The van der Waals surface area contributed by atoms with Gasteiger partial charge < -0.3 is 14.0 Å². The van der Waals surface area contributed by atoms with E-state index in [9.17, 15) is 18.4 Å². The summed E-state index contributed by atoms with van der Waals surface area (Å²) in [5.41, 5.74) is -2.27. The Hall–Kier alpha value is -1.72. The van der Waals surface area contributed by atoms with Crippen LogP contribution < -0.4 is 10.2 Å². The Morgan fingerprint density at radius 2 is 1.65 bits per heavy atom. The molecule has 0 spiro atoms. The zero-order chi connectivity index (χ0) is 17.6. The first-order chi connectivity index (χ1) is 10.4. The molecular formula is C15H17BF3NO3. The number of hydrogen-bond acceptors (Lipinski definition) is 4. The molecule has 1 aliphatic heterocycles. The average Bonchev–Trinajstić information content (AvgIpc) is 2.64. The van der Waals surface area contributed by atoms with Gasteiger partial charge in [0.15, 0.2) is 0 Å². The van der Waals surface area contributed by atoms with Crippen molar-refractivity contribution >= 4 is 12.6 Å². The van der Waals surface area contributed by atoms with Gasteiger partial charge in [0.2, 0.25) is 0 Å². The Balaban J connectivity index is 2.55. The summed E-state index contributed by atoms with van der Waals surface area (Å²) in [6.45, 7) is 7.28. The molecular weight excluding hydrogens is 310 g/mol. The SMILES string of the molecule is COc1cc(B2OC(C)(C)C(C)(C)O2)c(C#N)cc1C(F)(F)F. The minimum Gasteiger partial charge on any atom is -0.496 e. The molecule has 0 aromatic heterocycles. The van der Waals surface area contributed by atoms with Crippen molar-refractivity contribution in [1.82, 2.24) is 0 Å². The van der Waals surface area contributed by atoms with E-state index in [1.165, 1.54) is 0 Å². The minimum absolute atomic E-state index is 0.156. The van der Waals surface area contributed by atoms with E-state index in [-0.39, 0.29) is 16.8 Å². The molecule has 0 bridgehead atoms. The maximum absolute atomic E-state index is 13.1. The number of hydrogen-bond donors (Lipinski definition) is 0. The van der Waals surface area contributed by atoms with Crippen molar-refractivity contribution < 1.29 is 27.2 Å². The van der Waals surface area contributed by atoms with Gasteiger partial charge in [-0.15, -0.1) is 0 Å². The summed E-state index contributed by atoms with van der Waals surface area (Å²) < 4.78 is 55.6. The van der Waals surface area contributed by atoms with Crippen molar-refractivity contribution in [2.24, 2.45) is 0 Å². The fraction of sp³-hybridized carbons (Fsp3) is 0.533. The fourth-order valence-electron chi connectivity index (χ4n) is 2.25. The molecule has 0 aliphatic carbocycles. The second kappa shape index (κ2) is 5.43. The molecule has 0 saturated carbocycles. The highest BCUT2D eigenvalue weighted by atomic mass is 19.4.